The Morgan fingerprint density at radius 2 is 1.33 bits per heavy atom. The highest BCUT2D eigenvalue weighted by Crippen LogP contribution is 2.32. The average Bonchev–Trinajstić information content (AvgIpc) is 3.36. The Kier molecular flexibility index (Phi) is 5.59. The van der Waals surface area contributed by atoms with E-state index in [-0.39, 0.29) is 6.17 Å². The molecular weight excluding hydrogens is 478 g/mol. The van der Waals surface area contributed by atoms with Crippen molar-refractivity contribution in [3.05, 3.63) is 150 Å². The molecule has 0 saturated heterocycles. The number of hydrogen-bond acceptors (Lipinski definition) is 3. The topological polar surface area (TPSA) is 70.0 Å². The molecule has 5 heteroatoms. The number of para-hydroxylation sites is 2. The SMILES string of the molecule is N#Cc1cccc(C2N=C(c3ccc(-n4c5ccccc5c5ccccc54)cc3)N=C(c3ccccc3)[NH2+]2)c1. The molecule has 0 fully saturated rings. The molecule has 0 saturated carbocycles. The van der Waals surface area contributed by atoms with E-state index in [9.17, 15) is 5.26 Å². The lowest BCUT2D eigenvalue weighted by Crippen LogP contribution is -2.90. The predicted octanol–water partition coefficient (Wildman–Crippen LogP) is 6.12. The Morgan fingerprint density at radius 1 is 0.667 bits per heavy atom. The van der Waals surface area contributed by atoms with Crippen molar-refractivity contribution in [1.82, 2.24) is 4.57 Å². The van der Waals surface area contributed by atoms with Gasteiger partial charge in [0.15, 0.2) is 5.84 Å². The van der Waals surface area contributed by atoms with E-state index in [1.807, 2.05) is 42.5 Å². The third kappa shape index (κ3) is 4.10. The minimum atomic E-state index is -0.238. The second-order valence-corrected chi connectivity index (χ2v) is 9.58. The van der Waals surface area contributed by atoms with Crippen LogP contribution in [0.25, 0.3) is 27.5 Å². The Balaban J connectivity index is 1.33. The van der Waals surface area contributed by atoms with Crippen LogP contribution in [0.2, 0.25) is 0 Å². The van der Waals surface area contributed by atoms with Crippen molar-refractivity contribution in [3.8, 4) is 11.8 Å². The van der Waals surface area contributed by atoms with Crippen LogP contribution in [0.1, 0.15) is 28.4 Å². The van der Waals surface area contributed by atoms with Gasteiger partial charge >= 0.3 is 0 Å². The van der Waals surface area contributed by atoms with Gasteiger partial charge in [-0.05, 0) is 60.7 Å². The van der Waals surface area contributed by atoms with E-state index in [0.29, 0.717) is 11.4 Å². The van der Waals surface area contributed by atoms with Gasteiger partial charge in [-0.2, -0.15) is 10.3 Å². The average molecular weight is 503 g/mol. The van der Waals surface area contributed by atoms with Crippen molar-refractivity contribution in [1.29, 1.82) is 5.26 Å². The van der Waals surface area contributed by atoms with Crippen molar-refractivity contribution in [2.24, 2.45) is 9.98 Å². The lowest BCUT2D eigenvalue weighted by molar-refractivity contribution is -0.586. The molecule has 184 valence electrons. The normalized spacial score (nSPS) is 15.1. The van der Waals surface area contributed by atoms with Crippen LogP contribution in [0.15, 0.2) is 137 Å². The van der Waals surface area contributed by atoms with Crippen molar-refractivity contribution < 1.29 is 5.32 Å². The van der Waals surface area contributed by atoms with Crippen molar-refractivity contribution in [2.75, 3.05) is 0 Å². The van der Waals surface area contributed by atoms with Crippen LogP contribution in [-0.2, 0) is 0 Å². The number of benzene rings is 5. The van der Waals surface area contributed by atoms with E-state index in [4.69, 9.17) is 9.98 Å². The zero-order valence-electron chi connectivity index (χ0n) is 21.1. The number of aliphatic imine (C=N–C) groups is 2. The first-order valence-electron chi connectivity index (χ1n) is 12.9. The van der Waals surface area contributed by atoms with E-state index in [1.165, 1.54) is 21.8 Å². The minimum Gasteiger partial charge on any atom is -0.309 e. The lowest BCUT2D eigenvalue weighted by Gasteiger charge is -2.19. The molecule has 1 unspecified atom stereocenters. The number of aromatic nitrogens is 1. The number of nitrogens with zero attached hydrogens (tertiary/aromatic N) is 4. The summed E-state index contributed by atoms with van der Waals surface area (Å²) in [6.45, 7) is 0. The van der Waals surface area contributed by atoms with Crippen molar-refractivity contribution in [3.63, 3.8) is 0 Å². The van der Waals surface area contributed by atoms with E-state index in [1.54, 1.807) is 0 Å². The van der Waals surface area contributed by atoms with Crippen molar-refractivity contribution >= 4 is 33.5 Å². The van der Waals surface area contributed by atoms with Crippen LogP contribution in [0.4, 0.5) is 0 Å². The number of fused-ring (bicyclic) bond motifs is 3. The summed E-state index contributed by atoms with van der Waals surface area (Å²) in [6, 6.07) is 45.5. The van der Waals surface area contributed by atoms with Gasteiger partial charge in [0, 0.05) is 27.6 Å². The van der Waals surface area contributed by atoms with E-state index >= 15 is 0 Å². The van der Waals surface area contributed by atoms with Gasteiger partial charge in [-0.1, -0.05) is 66.7 Å². The lowest BCUT2D eigenvalue weighted by atomic mass is 10.1. The molecule has 0 aliphatic carbocycles. The summed E-state index contributed by atoms with van der Waals surface area (Å²) in [5.41, 5.74) is 7.02. The zero-order valence-corrected chi connectivity index (χ0v) is 21.1. The second-order valence-electron chi connectivity index (χ2n) is 9.58. The highest BCUT2D eigenvalue weighted by Gasteiger charge is 2.25. The van der Waals surface area contributed by atoms with Crippen LogP contribution in [0.5, 0.6) is 0 Å². The van der Waals surface area contributed by atoms with Crippen LogP contribution in [0.3, 0.4) is 0 Å². The molecule has 2 heterocycles. The van der Waals surface area contributed by atoms with Gasteiger partial charge in [-0.3, -0.25) is 5.32 Å². The largest absolute Gasteiger partial charge is 0.309 e. The van der Waals surface area contributed by atoms with Gasteiger partial charge < -0.3 is 4.57 Å². The molecule has 5 aromatic carbocycles. The minimum absolute atomic E-state index is 0.238. The molecule has 0 bridgehead atoms. The van der Waals surface area contributed by atoms with E-state index in [2.05, 4.69) is 101 Å². The van der Waals surface area contributed by atoms with Crippen LogP contribution < -0.4 is 5.32 Å². The monoisotopic (exact) mass is 502 g/mol. The molecule has 0 amide bonds. The fourth-order valence-corrected chi connectivity index (χ4v) is 5.33. The van der Waals surface area contributed by atoms with Gasteiger partial charge in [0.2, 0.25) is 12.0 Å². The molecule has 39 heavy (non-hydrogen) atoms. The molecule has 1 aliphatic heterocycles. The number of rotatable bonds is 4. The van der Waals surface area contributed by atoms with Crippen LogP contribution in [-0.4, -0.2) is 16.2 Å². The van der Waals surface area contributed by atoms with Crippen LogP contribution >= 0.6 is 0 Å². The Bertz CT molecular complexity index is 1890. The van der Waals surface area contributed by atoms with E-state index < -0.39 is 0 Å². The third-order valence-electron chi connectivity index (χ3n) is 7.19. The van der Waals surface area contributed by atoms with Crippen LogP contribution in [0, 0.1) is 11.3 Å². The fraction of sp³-hybridized carbons (Fsp3) is 0.0294. The second kappa shape index (κ2) is 9.53. The van der Waals surface area contributed by atoms with Gasteiger partial charge in [-0.25, -0.2) is 4.99 Å². The molecule has 2 N–H and O–H groups in total. The first-order chi connectivity index (χ1) is 19.3. The maximum Gasteiger partial charge on any atom is 0.235 e. The highest BCUT2D eigenvalue weighted by atomic mass is 15.2. The number of nitriles is 1. The summed E-state index contributed by atoms with van der Waals surface area (Å²) in [7, 11) is 0. The third-order valence-corrected chi connectivity index (χ3v) is 7.19. The summed E-state index contributed by atoms with van der Waals surface area (Å²) < 4.78 is 2.31. The Hall–Kier alpha value is -5.31. The predicted molar refractivity (Wildman–Crippen MR) is 156 cm³/mol. The number of amidine groups is 2. The molecule has 0 radical (unpaired) electrons. The molecule has 1 aromatic heterocycles. The quantitative estimate of drug-likeness (QED) is 0.310. The first kappa shape index (κ1) is 22.9. The summed E-state index contributed by atoms with van der Waals surface area (Å²) >= 11 is 0. The molecule has 1 atom stereocenters. The van der Waals surface area contributed by atoms with Gasteiger partial charge in [0.1, 0.15) is 0 Å². The molecule has 7 rings (SSSR count). The highest BCUT2D eigenvalue weighted by molar-refractivity contribution is 6.10. The van der Waals surface area contributed by atoms with Gasteiger partial charge in [-0.15, -0.1) is 0 Å². The molecule has 5 nitrogen and oxygen atoms in total. The smallest absolute Gasteiger partial charge is 0.235 e. The number of hydrogen-bond donors (Lipinski definition) is 1. The fourth-order valence-electron chi connectivity index (χ4n) is 5.33. The molecule has 6 aromatic rings. The first-order valence-corrected chi connectivity index (χ1v) is 12.9. The Morgan fingerprint density at radius 3 is 2.03 bits per heavy atom. The summed E-state index contributed by atoms with van der Waals surface area (Å²) in [4.78, 5) is 10.00. The van der Waals surface area contributed by atoms with Gasteiger partial charge in [0.25, 0.3) is 0 Å². The molecule has 0 spiro atoms. The molecular formula is C34H24N5+. The van der Waals surface area contributed by atoms with Crippen molar-refractivity contribution in [2.45, 2.75) is 6.17 Å². The van der Waals surface area contributed by atoms with Gasteiger partial charge in [0.05, 0.1) is 28.2 Å². The molecule has 1 aliphatic rings. The Labute approximate surface area is 226 Å². The standard InChI is InChI=1S/C34H23N5/c35-22-23-9-8-12-26(21-23)34-37-32(24-10-2-1-3-11-24)36-33(38-34)25-17-19-27(20-18-25)39-30-15-6-4-13-28(30)29-14-5-7-16-31(29)39/h1-21,34H,(H,36,37,38)/p+1. The number of nitrogens with two attached hydrogens (primary N) is 1. The number of quaternary nitrogens is 1. The maximum absolute atomic E-state index is 9.44. The van der Waals surface area contributed by atoms with E-state index in [0.717, 1.165) is 28.2 Å². The zero-order chi connectivity index (χ0) is 26.2. The summed E-state index contributed by atoms with van der Waals surface area (Å²) in [5.74, 6) is 1.55. The summed E-state index contributed by atoms with van der Waals surface area (Å²) in [6.07, 6.45) is -0.238. The maximum atomic E-state index is 9.44. The summed E-state index contributed by atoms with van der Waals surface area (Å²) in [5, 5.41) is 14.0.